The average molecular weight is 233 g/mol. The zero-order valence-corrected chi connectivity index (χ0v) is 8.91. The summed E-state index contributed by atoms with van der Waals surface area (Å²) in [5.41, 5.74) is 1.35. The van der Waals surface area contributed by atoms with E-state index in [1.807, 2.05) is 0 Å². The maximum absolute atomic E-state index is 10.8. The minimum atomic E-state index is -1.46. The summed E-state index contributed by atoms with van der Waals surface area (Å²) in [4.78, 5) is 21.4. The predicted molar refractivity (Wildman–Crippen MR) is 61.4 cm³/mol. The SMILES string of the molecule is O=Cn1cc(C[C@H](O)C(=O)O)c2ccccc21. The Labute approximate surface area is 96.9 Å². The Balaban J connectivity index is 2.47. The standard InChI is InChI=1S/C12H11NO4/c14-7-13-6-8(5-11(15)12(16)17)9-3-1-2-4-10(9)13/h1-4,6-7,11,15H,5H2,(H,16,17)/t11-/m0/s1. The van der Waals surface area contributed by atoms with Crippen molar-refractivity contribution >= 4 is 23.3 Å². The van der Waals surface area contributed by atoms with Crippen LogP contribution in [-0.4, -0.2) is 33.3 Å². The number of hydrogen-bond acceptors (Lipinski definition) is 3. The smallest absolute Gasteiger partial charge is 0.332 e. The molecular weight excluding hydrogens is 222 g/mol. The first-order valence-electron chi connectivity index (χ1n) is 5.08. The van der Waals surface area contributed by atoms with Crippen molar-refractivity contribution in [3.63, 3.8) is 0 Å². The Hall–Kier alpha value is -2.14. The van der Waals surface area contributed by atoms with Crippen molar-refractivity contribution in [1.29, 1.82) is 0 Å². The summed E-state index contributed by atoms with van der Waals surface area (Å²) in [6.45, 7) is 0. The Morgan fingerprint density at radius 2 is 2.12 bits per heavy atom. The van der Waals surface area contributed by atoms with E-state index in [0.717, 1.165) is 5.39 Å². The average Bonchev–Trinajstić information content (AvgIpc) is 2.68. The van der Waals surface area contributed by atoms with E-state index in [2.05, 4.69) is 0 Å². The summed E-state index contributed by atoms with van der Waals surface area (Å²) in [6, 6.07) is 7.15. The normalized spacial score (nSPS) is 12.5. The molecule has 0 saturated carbocycles. The van der Waals surface area contributed by atoms with Crippen molar-refractivity contribution in [1.82, 2.24) is 4.57 Å². The van der Waals surface area contributed by atoms with Crippen LogP contribution in [0.25, 0.3) is 10.9 Å². The highest BCUT2D eigenvalue weighted by Crippen LogP contribution is 2.21. The lowest BCUT2D eigenvalue weighted by atomic mass is 10.1. The molecule has 0 radical (unpaired) electrons. The molecule has 17 heavy (non-hydrogen) atoms. The van der Waals surface area contributed by atoms with Crippen LogP contribution in [-0.2, 0) is 16.0 Å². The van der Waals surface area contributed by atoms with Gasteiger partial charge in [0.15, 0.2) is 6.10 Å². The molecule has 0 aliphatic carbocycles. The van der Waals surface area contributed by atoms with E-state index >= 15 is 0 Å². The van der Waals surface area contributed by atoms with Gasteiger partial charge in [-0.2, -0.15) is 0 Å². The van der Waals surface area contributed by atoms with Crippen LogP contribution in [0.15, 0.2) is 30.5 Å². The van der Waals surface area contributed by atoms with Gasteiger partial charge < -0.3 is 10.2 Å². The molecule has 0 saturated heterocycles. The number of carbonyl (C=O) groups is 2. The third-order valence-electron chi connectivity index (χ3n) is 2.63. The van der Waals surface area contributed by atoms with Crippen LogP contribution in [0.3, 0.4) is 0 Å². The molecular formula is C12H11NO4. The maximum atomic E-state index is 10.8. The lowest BCUT2D eigenvalue weighted by molar-refractivity contribution is -0.146. The van der Waals surface area contributed by atoms with Gasteiger partial charge in [0, 0.05) is 18.0 Å². The lowest BCUT2D eigenvalue weighted by Gasteiger charge is -2.03. The van der Waals surface area contributed by atoms with Gasteiger partial charge in [-0.3, -0.25) is 9.36 Å². The number of carboxylic acids is 1. The minimum absolute atomic E-state index is 0.0172. The van der Waals surface area contributed by atoms with Crippen molar-refractivity contribution in [2.45, 2.75) is 12.5 Å². The molecule has 1 aromatic heterocycles. The molecule has 1 heterocycles. The van der Waals surface area contributed by atoms with E-state index in [1.165, 1.54) is 4.57 Å². The van der Waals surface area contributed by atoms with Crippen LogP contribution in [0.4, 0.5) is 0 Å². The summed E-state index contributed by atoms with van der Waals surface area (Å²) in [7, 11) is 0. The van der Waals surface area contributed by atoms with Crippen LogP contribution in [0.1, 0.15) is 5.56 Å². The maximum Gasteiger partial charge on any atom is 0.332 e. The zero-order chi connectivity index (χ0) is 12.4. The number of carboxylic acid groups (broad SMARTS) is 1. The van der Waals surface area contributed by atoms with Gasteiger partial charge in [0.2, 0.25) is 6.41 Å². The molecule has 5 nitrogen and oxygen atoms in total. The fourth-order valence-electron chi connectivity index (χ4n) is 1.82. The topological polar surface area (TPSA) is 79.5 Å². The third-order valence-corrected chi connectivity index (χ3v) is 2.63. The molecule has 0 aliphatic heterocycles. The molecule has 0 spiro atoms. The molecule has 2 N–H and O–H groups in total. The van der Waals surface area contributed by atoms with Gasteiger partial charge in [0.25, 0.3) is 0 Å². The Morgan fingerprint density at radius 1 is 1.41 bits per heavy atom. The van der Waals surface area contributed by atoms with Gasteiger partial charge in [0.1, 0.15) is 0 Å². The molecule has 2 aromatic rings. The van der Waals surface area contributed by atoms with Crippen molar-refractivity contribution < 1.29 is 19.8 Å². The number of hydrogen-bond donors (Lipinski definition) is 2. The Morgan fingerprint density at radius 3 is 2.76 bits per heavy atom. The molecule has 2 rings (SSSR count). The van der Waals surface area contributed by atoms with Gasteiger partial charge in [-0.15, -0.1) is 0 Å². The highest BCUT2D eigenvalue weighted by Gasteiger charge is 2.17. The van der Waals surface area contributed by atoms with Crippen molar-refractivity contribution in [3.8, 4) is 0 Å². The molecule has 1 atom stereocenters. The van der Waals surface area contributed by atoms with E-state index in [0.29, 0.717) is 17.5 Å². The largest absolute Gasteiger partial charge is 0.479 e. The minimum Gasteiger partial charge on any atom is -0.479 e. The molecule has 88 valence electrons. The van der Waals surface area contributed by atoms with Gasteiger partial charge in [0.05, 0.1) is 5.52 Å². The molecule has 0 fully saturated rings. The monoisotopic (exact) mass is 233 g/mol. The van der Waals surface area contributed by atoms with Gasteiger partial charge in [-0.05, 0) is 11.6 Å². The lowest BCUT2D eigenvalue weighted by Crippen LogP contribution is -2.21. The Bertz CT molecular complexity index is 573. The number of nitrogens with zero attached hydrogens (tertiary/aromatic N) is 1. The molecule has 0 unspecified atom stereocenters. The second kappa shape index (κ2) is 4.39. The number of benzene rings is 1. The third kappa shape index (κ3) is 2.05. The van der Waals surface area contributed by atoms with Crippen LogP contribution < -0.4 is 0 Å². The van der Waals surface area contributed by atoms with Crippen LogP contribution >= 0.6 is 0 Å². The highest BCUT2D eigenvalue weighted by molar-refractivity contribution is 5.89. The number of aromatic nitrogens is 1. The first kappa shape index (κ1) is 11.3. The Kier molecular flexibility index (Phi) is 2.93. The van der Waals surface area contributed by atoms with Gasteiger partial charge in [-0.25, -0.2) is 4.79 Å². The van der Waals surface area contributed by atoms with E-state index in [1.54, 1.807) is 30.5 Å². The molecule has 1 aromatic carbocycles. The second-order valence-electron chi connectivity index (χ2n) is 3.74. The van der Waals surface area contributed by atoms with E-state index in [4.69, 9.17) is 5.11 Å². The summed E-state index contributed by atoms with van der Waals surface area (Å²) < 4.78 is 1.37. The number of fused-ring (bicyclic) bond motifs is 1. The molecule has 5 heteroatoms. The summed E-state index contributed by atoms with van der Waals surface area (Å²) in [5.74, 6) is -1.27. The number of para-hydroxylation sites is 1. The zero-order valence-electron chi connectivity index (χ0n) is 8.91. The van der Waals surface area contributed by atoms with Gasteiger partial charge in [-0.1, -0.05) is 18.2 Å². The van der Waals surface area contributed by atoms with Crippen molar-refractivity contribution in [2.75, 3.05) is 0 Å². The number of aliphatic hydroxyl groups excluding tert-OH is 1. The number of aliphatic carboxylic acids is 1. The first-order chi connectivity index (χ1) is 8.13. The van der Waals surface area contributed by atoms with E-state index in [9.17, 15) is 14.7 Å². The highest BCUT2D eigenvalue weighted by atomic mass is 16.4. The number of carbonyl (C=O) groups excluding carboxylic acids is 1. The fourth-order valence-corrected chi connectivity index (χ4v) is 1.82. The summed E-state index contributed by atoms with van der Waals surface area (Å²) in [6.07, 6.45) is 0.723. The molecule has 0 bridgehead atoms. The van der Waals surface area contributed by atoms with E-state index in [-0.39, 0.29) is 6.42 Å². The van der Waals surface area contributed by atoms with Gasteiger partial charge >= 0.3 is 5.97 Å². The van der Waals surface area contributed by atoms with Crippen molar-refractivity contribution in [2.24, 2.45) is 0 Å². The first-order valence-corrected chi connectivity index (χ1v) is 5.08. The summed E-state index contributed by atoms with van der Waals surface area (Å²) in [5, 5.41) is 18.8. The van der Waals surface area contributed by atoms with Crippen LogP contribution in [0.2, 0.25) is 0 Å². The quantitative estimate of drug-likeness (QED) is 0.760. The van der Waals surface area contributed by atoms with Crippen LogP contribution in [0.5, 0.6) is 0 Å². The number of aliphatic hydroxyl groups is 1. The predicted octanol–water partition coefficient (Wildman–Crippen LogP) is 0.668. The molecule has 0 amide bonds. The van der Waals surface area contributed by atoms with Crippen molar-refractivity contribution in [3.05, 3.63) is 36.0 Å². The number of rotatable bonds is 4. The molecule has 0 aliphatic rings. The van der Waals surface area contributed by atoms with E-state index < -0.39 is 12.1 Å². The fraction of sp³-hybridized carbons (Fsp3) is 0.167. The summed E-state index contributed by atoms with van der Waals surface area (Å²) >= 11 is 0. The van der Waals surface area contributed by atoms with Crippen LogP contribution in [0, 0.1) is 0 Å². The second-order valence-corrected chi connectivity index (χ2v) is 3.74.